The smallest absolute Gasteiger partial charge is 0.0705 e. The first-order chi connectivity index (χ1) is 10.3. The van der Waals surface area contributed by atoms with Crippen LogP contribution < -0.4 is 0 Å². The summed E-state index contributed by atoms with van der Waals surface area (Å²) in [4.78, 5) is 4.42. The zero-order valence-corrected chi connectivity index (χ0v) is 12.1. The summed E-state index contributed by atoms with van der Waals surface area (Å²) in [6.45, 7) is 0.788. The molecule has 2 nitrogen and oxygen atoms in total. The summed E-state index contributed by atoms with van der Waals surface area (Å²) in [7, 11) is 0. The lowest BCUT2D eigenvalue weighted by Gasteiger charge is -2.09. The first-order valence-electron chi connectivity index (χ1n) is 6.89. The van der Waals surface area contributed by atoms with E-state index >= 15 is 0 Å². The molecule has 2 aromatic carbocycles. The molecule has 4 rings (SSSR count). The van der Waals surface area contributed by atoms with Crippen molar-refractivity contribution in [1.82, 2.24) is 9.55 Å². The number of fused-ring (bicyclic) bond motifs is 2. The molecule has 0 bridgehead atoms. The maximum atomic E-state index is 6.35. The topological polar surface area (TPSA) is 17.8 Å². The van der Waals surface area contributed by atoms with Gasteiger partial charge < -0.3 is 4.57 Å². The van der Waals surface area contributed by atoms with Crippen molar-refractivity contribution in [2.24, 2.45) is 0 Å². The van der Waals surface area contributed by atoms with Crippen molar-refractivity contribution >= 4 is 33.4 Å². The van der Waals surface area contributed by atoms with E-state index in [1.54, 1.807) is 0 Å². The molecule has 0 radical (unpaired) electrons. The van der Waals surface area contributed by atoms with E-state index in [4.69, 9.17) is 11.6 Å². The van der Waals surface area contributed by atoms with E-state index in [0.29, 0.717) is 0 Å². The lowest BCUT2D eigenvalue weighted by atomic mass is 10.1. The fraction of sp³-hybridized carbons (Fsp3) is 0.0556. The number of nitrogens with zero attached hydrogens (tertiary/aromatic N) is 2. The number of rotatable bonds is 2. The van der Waals surface area contributed by atoms with E-state index in [-0.39, 0.29) is 0 Å². The largest absolute Gasteiger partial charge is 0.342 e. The molecule has 2 aromatic heterocycles. The Labute approximate surface area is 127 Å². The molecule has 0 amide bonds. The van der Waals surface area contributed by atoms with Crippen molar-refractivity contribution in [2.75, 3.05) is 0 Å². The summed E-state index contributed by atoms with van der Waals surface area (Å²) in [5.41, 5.74) is 3.36. The molecule has 21 heavy (non-hydrogen) atoms. The van der Waals surface area contributed by atoms with Crippen LogP contribution in [0.3, 0.4) is 0 Å². The Hall–Kier alpha value is -2.32. The van der Waals surface area contributed by atoms with Gasteiger partial charge in [-0.1, -0.05) is 41.9 Å². The van der Waals surface area contributed by atoms with Gasteiger partial charge >= 0.3 is 0 Å². The molecule has 2 heterocycles. The highest BCUT2D eigenvalue weighted by atomic mass is 35.5. The minimum atomic E-state index is 0.788. The van der Waals surface area contributed by atoms with E-state index in [2.05, 4.69) is 40.0 Å². The van der Waals surface area contributed by atoms with Crippen molar-refractivity contribution in [1.29, 1.82) is 0 Å². The Morgan fingerprint density at radius 3 is 2.81 bits per heavy atom. The number of hydrogen-bond acceptors (Lipinski definition) is 1. The summed E-state index contributed by atoms with van der Waals surface area (Å²) >= 11 is 6.35. The average molecular weight is 293 g/mol. The summed E-state index contributed by atoms with van der Waals surface area (Å²) < 4.78 is 2.19. The Bertz CT molecular complexity index is 935. The lowest BCUT2D eigenvalue weighted by Crippen LogP contribution is -1.99. The quantitative estimate of drug-likeness (QED) is 0.514. The zero-order valence-electron chi connectivity index (χ0n) is 11.3. The number of pyridine rings is 1. The molecule has 4 aromatic rings. The van der Waals surface area contributed by atoms with Crippen molar-refractivity contribution in [2.45, 2.75) is 6.54 Å². The first-order valence-corrected chi connectivity index (χ1v) is 7.27. The molecular weight excluding hydrogens is 280 g/mol. The van der Waals surface area contributed by atoms with E-state index in [9.17, 15) is 0 Å². The predicted molar refractivity (Wildman–Crippen MR) is 87.8 cm³/mol. The molecule has 102 valence electrons. The van der Waals surface area contributed by atoms with Crippen LogP contribution in [0.1, 0.15) is 5.56 Å². The average Bonchev–Trinajstić information content (AvgIpc) is 2.92. The van der Waals surface area contributed by atoms with Gasteiger partial charge in [0.1, 0.15) is 0 Å². The van der Waals surface area contributed by atoms with Crippen LogP contribution in [0.15, 0.2) is 67.0 Å². The van der Waals surface area contributed by atoms with Crippen LogP contribution in [-0.2, 0) is 6.54 Å². The molecule has 0 fully saturated rings. The van der Waals surface area contributed by atoms with E-state index in [0.717, 1.165) is 22.6 Å². The normalized spacial score (nSPS) is 11.3. The minimum Gasteiger partial charge on any atom is -0.342 e. The lowest BCUT2D eigenvalue weighted by molar-refractivity contribution is 0.842. The molecule has 0 saturated carbocycles. The maximum absolute atomic E-state index is 6.35. The van der Waals surface area contributed by atoms with Gasteiger partial charge in [-0.2, -0.15) is 0 Å². The third-order valence-electron chi connectivity index (χ3n) is 3.82. The van der Waals surface area contributed by atoms with Gasteiger partial charge in [-0.3, -0.25) is 4.98 Å². The van der Waals surface area contributed by atoms with Crippen molar-refractivity contribution in [3.05, 3.63) is 77.6 Å². The number of benzene rings is 2. The SMILES string of the molecule is Clc1cccc2ccn(Cc3ccnc4ccccc34)c12. The highest BCUT2D eigenvalue weighted by Gasteiger charge is 2.07. The van der Waals surface area contributed by atoms with Crippen LogP contribution in [0.25, 0.3) is 21.8 Å². The summed E-state index contributed by atoms with van der Waals surface area (Å²) in [6, 6.07) is 18.4. The fourth-order valence-corrected chi connectivity index (χ4v) is 3.11. The summed E-state index contributed by atoms with van der Waals surface area (Å²) in [5.74, 6) is 0. The molecule has 0 atom stereocenters. The van der Waals surface area contributed by atoms with Crippen LogP contribution >= 0.6 is 11.6 Å². The number of hydrogen-bond donors (Lipinski definition) is 0. The third-order valence-corrected chi connectivity index (χ3v) is 4.12. The molecular formula is C18H13ClN2. The van der Waals surface area contributed by atoms with Crippen LogP contribution in [0, 0.1) is 0 Å². The minimum absolute atomic E-state index is 0.788. The van der Waals surface area contributed by atoms with Crippen LogP contribution in [0.2, 0.25) is 5.02 Å². The van der Waals surface area contributed by atoms with Crippen molar-refractivity contribution in [3.8, 4) is 0 Å². The number of halogens is 1. The highest BCUT2D eigenvalue weighted by Crippen LogP contribution is 2.26. The Balaban J connectivity index is 1.87. The molecule has 0 unspecified atom stereocenters. The van der Waals surface area contributed by atoms with Gasteiger partial charge in [0.2, 0.25) is 0 Å². The second-order valence-corrected chi connectivity index (χ2v) is 5.52. The van der Waals surface area contributed by atoms with Crippen molar-refractivity contribution < 1.29 is 0 Å². The summed E-state index contributed by atoms with van der Waals surface area (Å²) in [6.07, 6.45) is 3.96. The van der Waals surface area contributed by atoms with Crippen molar-refractivity contribution in [3.63, 3.8) is 0 Å². The molecule has 0 aliphatic rings. The van der Waals surface area contributed by atoms with Gasteiger partial charge in [-0.15, -0.1) is 0 Å². The zero-order chi connectivity index (χ0) is 14.2. The monoisotopic (exact) mass is 292 g/mol. The highest BCUT2D eigenvalue weighted by molar-refractivity contribution is 6.35. The number of para-hydroxylation sites is 2. The summed E-state index contributed by atoms with van der Waals surface area (Å²) in [5, 5.41) is 3.14. The Kier molecular flexibility index (Phi) is 2.90. The van der Waals surface area contributed by atoms with Crippen LogP contribution in [0.4, 0.5) is 0 Å². The van der Waals surface area contributed by atoms with E-state index < -0.39 is 0 Å². The molecule has 3 heteroatoms. The Morgan fingerprint density at radius 2 is 1.86 bits per heavy atom. The van der Waals surface area contributed by atoms with Gasteiger partial charge in [-0.05, 0) is 29.8 Å². The van der Waals surface area contributed by atoms with Gasteiger partial charge in [0.25, 0.3) is 0 Å². The molecule has 0 aliphatic heterocycles. The first kappa shape index (κ1) is 12.4. The predicted octanol–water partition coefficient (Wildman–Crippen LogP) is 4.89. The fourth-order valence-electron chi connectivity index (χ4n) is 2.82. The molecule has 0 N–H and O–H groups in total. The van der Waals surface area contributed by atoms with Gasteiger partial charge in [0.05, 0.1) is 16.1 Å². The van der Waals surface area contributed by atoms with Crippen LogP contribution in [0.5, 0.6) is 0 Å². The van der Waals surface area contributed by atoms with Gasteiger partial charge in [0.15, 0.2) is 0 Å². The Morgan fingerprint density at radius 1 is 0.952 bits per heavy atom. The standard InChI is InChI=1S/C18H13ClN2/c19-16-6-3-4-13-9-11-21(18(13)16)12-14-8-10-20-17-7-2-1-5-15(14)17/h1-11H,12H2. The third kappa shape index (κ3) is 2.08. The second kappa shape index (κ2) is 4.90. The molecule has 0 aliphatic carbocycles. The molecule has 0 saturated heterocycles. The second-order valence-electron chi connectivity index (χ2n) is 5.11. The maximum Gasteiger partial charge on any atom is 0.0705 e. The van der Waals surface area contributed by atoms with E-state index in [1.165, 1.54) is 16.3 Å². The van der Waals surface area contributed by atoms with Gasteiger partial charge in [0, 0.05) is 29.7 Å². The molecule has 0 spiro atoms. The van der Waals surface area contributed by atoms with E-state index in [1.807, 2.05) is 36.5 Å². The van der Waals surface area contributed by atoms with Crippen LogP contribution in [-0.4, -0.2) is 9.55 Å². The number of aromatic nitrogens is 2. The van der Waals surface area contributed by atoms with Gasteiger partial charge in [-0.25, -0.2) is 0 Å².